The molecule has 2 rings (SSSR count). The third kappa shape index (κ3) is 6.26. The predicted octanol–water partition coefficient (Wildman–Crippen LogP) is 3.74. The van der Waals surface area contributed by atoms with E-state index in [1.54, 1.807) is 6.21 Å². The molecule has 0 bridgehead atoms. The minimum absolute atomic E-state index is 0.503. The van der Waals surface area contributed by atoms with Gasteiger partial charge in [0.25, 0.3) is 0 Å². The summed E-state index contributed by atoms with van der Waals surface area (Å²) >= 11 is 10.9. The maximum atomic E-state index is 5.85. The van der Waals surface area contributed by atoms with E-state index in [2.05, 4.69) is 15.8 Å². The Kier molecular flexibility index (Phi) is 6.84. The van der Waals surface area contributed by atoms with E-state index in [4.69, 9.17) is 28.6 Å². The van der Waals surface area contributed by atoms with Crippen molar-refractivity contribution < 1.29 is 4.74 Å². The molecule has 0 saturated heterocycles. The Morgan fingerprint density at radius 1 is 1.17 bits per heavy atom. The van der Waals surface area contributed by atoms with Gasteiger partial charge in [-0.25, -0.2) is 0 Å². The number of nitrogens with zero attached hydrogens (tertiary/aromatic N) is 1. The highest BCUT2D eigenvalue weighted by atomic mass is 35.5. The lowest BCUT2D eigenvalue weighted by Gasteiger charge is -2.06. The van der Waals surface area contributed by atoms with Gasteiger partial charge in [0.15, 0.2) is 5.11 Å². The number of hydrogen-bond acceptors (Lipinski definition) is 3. The first-order chi connectivity index (χ1) is 11.2. The van der Waals surface area contributed by atoms with Crippen LogP contribution in [-0.4, -0.2) is 17.9 Å². The lowest BCUT2D eigenvalue weighted by Crippen LogP contribution is -2.31. The first-order valence-electron chi connectivity index (χ1n) is 7.21. The molecule has 0 aliphatic carbocycles. The predicted molar refractivity (Wildman–Crippen MR) is 99.2 cm³/mol. The molecule has 0 atom stereocenters. The van der Waals surface area contributed by atoms with Gasteiger partial charge in [-0.05, 0) is 66.7 Å². The summed E-state index contributed by atoms with van der Waals surface area (Å²) in [6.07, 6.45) is 1.70. The molecule has 2 N–H and O–H groups in total. The van der Waals surface area contributed by atoms with Gasteiger partial charge < -0.3 is 10.1 Å². The molecule has 0 spiro atoms. The lowest BCUT2D eigenvalue weighted by atomic mass is 10.2. The van der Waals surface area contributed by atoms with Crippen molar-refractivity contribution in [2.24, 2.45) is 5.10 Å². The Morgan fingerprint density at radius 2 is 1.87 bits per heavy atom. The van der Waals surface area contributed by atoms with Crippen molar-refractivity contribution >= 4 is 35.1 Å². The van der Waals surface area contributed by atoms with E-state index in [1.165, 1.54) is 0 Å². The normalized spacial score (nSPS) is 10.5. The van der Waals surface area contributed by atoms with Crippen LogP contribution in [0, 0.1) is 0 Å². The van der Waals surface area contributed by atoms with Crippen LogP contribution in [0.2, 0.25) is 5.02 Å². The largest absolute Gasteiger partial charge is 0.489 e. The van der Waals surface area contributed by atoms with Gasteiger partial charge in [0.05, 0.1) is 6.21 Å². The van der Waals surface area contributed by atoms with Gasteiger partial charge in [-0.1, -0.05) is 23.7 Å². The van der Waals surface area contributed by atoms with Crippen molar-refractivity contribution in [1.29, 1.82) is 0 Å². The minimum atomic E-state index is 0.503. The van der Waals surface area contributed by atoms with Gasteiger partial charge in [0, 0.05) is 11.6 Å². The summed E-state index contributed by atoms with van der Waals surface area (Å²) in [5, 5.41) is 8.24. The third-order valence-corrected chi connectivity index (χ3v) is 3.40. The Labute approximate surface area is 146 Å². The molecule has 0 aliphatic heterocycles. The van der Waals surface area contributed by atoms with Crippen LogP contribution in [0.5, 0.6) is 5.75 Å². The number of rotatable bonds is 6. The number of halogens is 1. The van der Waals surface area contributed by atoms with Crippen molar-refractivity contribution in [2.45, 2.75) is 13.5 Å². The summed E-state index contributed by atoms with van der Waals surface area (Å²) in [6.45, 7) is 3.24. The fraction of sp³-hybridized carbons (Fsp3) is 0.176. The molecule has 6 heteroatoms. The van der Waals surface area contributed by atoms with Crippen molar-refractivity contribution in [3.05, 3.63) is 64.7 Å². The molecule has 0 radical (unpaired) electrons. The fourth-order valence-corrected chi connectivity index (χ4v) is 2.09. The monoisotopic (exact) mass is 347 g/mol. The van der Waals surface area contributed by atoms with Crippen LogP contribution in [0.3, 0.4) is 0 Å². The van der Waals surface area contributed by atoms with Crippen molar-refractivity contribution in [1.82, 2.24) is 10.7 Å². The average Bonchev–Trinajstić information content (AvgIpc) is 2.56. The summed E-state index contributed by atoms with van der Waals surface area (Å²) in [4.78, 5) is 0. The Balaban J connectivity index is 1.83. The first-order valence-corrected chi connectivity index (χ1v) is 8.00. The van der Waals surface area contributed by atoms with Gasteiger partial charge in [-0.2, -0.15) is 5.10 Å². The molecule has 0 heterocycles. The maximum absolute atomic E-state index is 5.85. The highest BCUT2D eigenvalue weighted by Crippen LogP contribution is 2.15. The fourth-order valence-electron chi connectivity index (χ4n) is 1.76. The first kappa shape index (κ1) is 17.2. The molecular weight excluding hydrogens is 330 g/mol. The molecular formula is C17H18ClN3OS. The SMILES string of the molecule is CCNC(=S)N/N=C/c1ccc(OCc2ccc(Cl)cc2)cc1. The molecule has 4 nitrogen and oxygen atoms in total. The topological polar surface area (TPSA) is 45.7 Å². The van der Waals surface area contributed by atoms with Gasteiger partial charge >= 0.3 is 0 Å². The van der Waals surface area contributed by atoms with Gasteiger partial charge in [-0.3, -0.25) is 5.43 Å². The van der Waals surface area contributed by atoms with E-state index < -0.39 is 0 Å². The average molecular weight is 348 g/mol. The van der Waals surface area contributed by atoms with Crippen LogP contribution in [0.25, 0.3) is 0 Å². The van der Waals surface area contributed by atoms with Crippen LogP contribution < -0.4 is 15.5 Å². The number of hydrazone groups is 1. The number of ether oxygens (including phenoxy) is 1. The number of hydrogen-bond donors (Lipinski definition) is 2. The van der Waals surface area contributed by atoms with Crippen molar-refractivity contribution in [3.8, 4) is 5.75 Å². The molecule has 120 valence electrons. The number of nitrogens with one attached hydrogen (secondary N) is 2. The summed E-state index contributed by atoms with van der Waals surface area (Å²) in [7, 11) is 0. The molecule has 23 heavy (non-hydrogen) atoms. The molecule has 0 unspecified atom stereocenters. The van der Waals surface area contributed by atoms with Crippen LogP contribution >= 0.6 is 23.8 Å². The second-order valence-corrected chi connectivity index (χ2v) is 5.56. The van der Waals surface area contributed by atoms with Crippen LogP contribution in [0.4, 0.5) is 0 Å². The maximum Gasteiger partial charge on any atom is 0.186 e. The van der Waals surface area contributed by atoms with E-state index in [9.17, 15) is 0 Å². The molecule has 2 aromatic carbocycles. The van der Waals surface area contributed by atoms with E-state index in [0.717, 1.165) is 28.4 Å². The zero-order chi connectivity index (χ0) is 16.5. The van der Waals surface area contributed by atoms with Gasteiger partial charge in [0.1, 0.15) is 12.4 Å². The zero-order valence-electron chi connectivity index (χ0n) is 12.8. The van der Waals surface area contributed by atoms with Crippen LogP contribution in [0.15, 0.2) is 53.6 Å². The smallest absolute Gasteiger partial charge is 0.186 e. The van der Waals surface area contributed by atoms with Crippen molar-refractivity contribution in [2.75, 3.05) is 6.54 Å². The summed E-state index contributed by atoms with van der Waals surface area (Å²) < 4.78 is 5.73. The van der Waals surface area contributed by atoms with E-state index in [1.807, 2.05) is 55.5 Å². The molecule has 0 aliphatic rings. The molecule has 0 aromatic heterocycles. The Morgan fingerprint density at radius 3 is 2.52 bits per heavy atom. The molecule has 0 fully saturated rings. The van der Waals surface area contributed by atoms with E-state index in [-0.39, 0.29) is 0 Å². The Bertz CT molecular complexity index is 657. The number of thiocarbonyl (C=S) groups is 1. The minimum Gasteiger partial charge on any atom is -0.489 e. The Hall–Kier alpha value is -2.11. The standard InChI is InChI=1S/C17H18ClN3OS/c1-2-19-17(23)21-20-11-13-5-9-16(10-6-13)22-12-14-3-7-15(18)8-4-14/h3-11H,2,12H2,1H3,(H2,19,21,23)/b20-11+. The van der Waals surface area contributed by atoms with Crippen molar-refractivity contribution in [3.63, 3.8) is 0 Å². The molecule has 0 saturated carbocycles. The third-order valence-electron chi connectivity index (χ3n) is 2.92. The second kappa shape index (κ2) is 9.12. The zero-order valence-corrected chi connectivity index (χ0v) is 14.3. The van der Waals surface area contributed by atoms with Crippen LogP contribution in [0.1, 0.15) is 18.1 Å². The summed E-state index contributed by atoms with van der Waals surface area (Å²) in [5.74, 6) is 0.799. The quantitative estimate of drug-likeness (QED) is 0.475. The highest BCUT2D eigenvalue weighted by molar-refractivity contribution is 7.80. The summed E-state index contributed by atoms with van der Waals surface area (Å²) in [5.41, 5.74) is 4.77. The second-order valence-electron chi connectivity index (χ2n) is 4.71. The van der Waals surface area contributed by atoms with Crippen LogP contribution in [-0.2, 0) is 6.61 Å². The van der Waals surface area contributed by atoms with E-state index in [0.29, 0.717) is 11.7 Å². The van der Waals surface area contributed by atoms with Gasteiger partial charge in [0.2, 0.25) is 0 Å². The number of benzene rings is 2. The van der Waals surface area contributed by atoms with E-state index >= 15 is 0 Å². The van der Waals surface area contributed by atoms with Gasteiger partial charge in [-0.15, -0.1) is 0 Å². The molecule has 2 aromatic rings. The summed E-state index contributed by atoms with van der Waals surface area (Å²) in [6, 6.07) is 15.3. The lowest BCUT2D eigenvalue weighted by molar-refractivity contribution is 0.306. The highest BCUT2D eigenvalue weighted by Gasteiger charge is 1.97. The molecule has 0 amide bonds.